The first kappa shape index (κ1) is 25.2. The molecule has 0 radical (unpaired) electrons. The molecule has 1 aliphatic rings. The van der Waals surface area contributed by atoms with Crippen molar-refractivity contribution in [3.8, 4) is 0 Å². The molecule has 0 bridgehead atoms. The van der Waals surface area contributed by atoms with Crippen molar-refractivity contribution < 1.29 is 21.6 Å². The molecule has 2 aromatic carbocycles. The summed E-state index contributed by atoms with van der Waals surface area (Å²) in [5, 5.41) is 3.99. The summed E-state index contributed by atoms with van der Waals surface area (Å²) in [6.45, 7) is 3.94. The zero-order valence-electron chi connectivity index (χ0n) is 19.3. The van der Waals surface area contributed by atoms with Crippen LogP contribution in [-0.4, -0.2) is 54.3 Å². The van der Waals surface area contributed by atoms with Crippen LogP contribution in [0.4, 0.5) is 24.7 Å². The van der Waals surface area contributed by atoms with Crippen molar-refractivity contribution in [3.63, 3.8) is 0 Å². The number of alkyl halides is 3. The number of anilines is 2. The SMILES string of the molecule is CCS(=O)(=O)Nc1cccc(CN2CCC(Nc3ncnc4ccc(CC(F)(F)F)cc34)CC2)c1. The van der Waals surface area contributed by atoms with Gasteiger partial charge in [-0.05, 0) is 55.2 Å². The van der Waals surface area contributed by atoms with Crippen LogP contribution in [0.15, 0.2) is 48.8 Å². The van der Waals surface area contributed by atoms with E-state index in [1.54, 1.807) is 19.1 Å². The van der Waals surface area contributed by atoms with Gasteiger partial charge in [-0.3, -0.25) is 9.62 Å². The number of likely N-dealkylation sites (tertiary alicyclic amines) is 1. The van der Waals surface area contributed by atoms with Crippen molar-refractivity contribution >= 4 is 32.4 Å². The normalized spacial score (nSPS) is 15.9. The van der Waals surface area contributed by atoms with Crippen molar-refractivity contribution in [3.05, 3.63) is 59.9 Å². The van der Waals surface area contributed by atoms with E-state index in [-0.39, 0.29) is 17.4 Å². The van der Waals surface area contributed by atoms with Crippen LogP contribution in [0.2, 0.25) is 0 Å². The average molecular weight is 508 g/mol. The van der Waals surface area contributed by atoms with Gasteiger partial charge in [0, 0.05) is 36.7 Å². The van der Waals surface area contributed by atoms with Crippen LogP contribution in [0.3, 0.4) is 0 Å². The molecule has 0 spiro atoms. The van der Waals surface area contributed by atoms with E-state index >= 15 is 0 Å². The molecule has 7 nitrogen and oxygen atoms in total. The Hall–Kier alpha value is -2.92. The largest absolute Gasteiger partial charge is 0.393 e. The lowest BCUT2D eigenvalue weighted by atomic mass is 10.0. The van der Waals surface area contributed by atoms with E-state index in [4.69, 9.17) is 0 Å². The van der Waals surface area contributed by atoms with E-state index in [0.29, 0.717) is 29.0 Å². The zero-order chi connectivity index (χ0) is 25.1. The maximum atomic E-state index is 12.8. The highest BCUT2D eigenvalue weighted by Crippen LogP contribution is 2.27. The molecule has 1 fully saturated rings. The second-order valence-corrected chi connectivity index (χ2v) is 10.8. The molecule has 2 heterocycles. The van der Waals surface area contributed by atoms with Crippen molar-refractivity contribution in [2.45, 2.75) is 44.9 Å². The Labute approximate surface area is 202 Å². The molecule has 188 valence electrons. The van der Waals surface area contributed by atoms with E-state index < -0.39 is 22.6 Å². The first-order valence-electron chi connectivity index (χ1n) is 11.5. The van der Waals surface area contributed by atoms with E-state index in [0.717, 1.165) is 31.5 Å². The molecule has 11 heteroatoms. The lowest BCUT2D eigenvalue weighted by Crippen LogP contribution is -2.38. The van der Waals surface area contributed by atoms with Crippen LogP contribution in [0.25, 0.3) is 10.9 Å². The summed E-state index contributed by atoms with van der Waals surface area (Å²) in [5.41, 5.74) is 2.36. The number of fused-ring (bicyclic) bond motifs is 1. The first-order valence-corrected chi connectivity index (χ1v) is 13.1. The molecule has 1 aromatic heterocycles. The number of hydrogen-bond donors (Lipinski definition) is 2. The number of nitrogens with one attached hydrogen (secondary N) is 2. The van der Waals surface area contributed by atoms with E-state index in [9.17, 15) is 21.6 Å². The van der Waals surface area contributed by atoms with Gasteiger partial charge in [0.05, 0.1) is 17.7 Å². The second-order valence-electron chi connectivity index (χ2n) is 8.77. The molecule has 0 unspecified atom stereocenters. The molecular weight excluding hydrogens is 479 g/mol. The number of sulfonamides is 1. The molecular formula is C24H28F3N5O2S. The topological polar surface area (TPSA) is 87.2 Å². The standard InChI is InChI=1S/C24H28F3N5O2S/c1-2-35(33,34)31-20-5-3-4-18(12-20)15-32-10-8-19(9-11-32)30-23-21-13-17(14-24(25,26)27)6-7-22(21)28-16-29-23/h3-7,12-13,16,19,31H,2,8-11,14-15H2,1H3,(H,28,29,30). The predicted molar refractivity (Wildman–Crippen MR) is 131 cm³/mol. The highest BCUT2D eigenvalue weighted by atomic mass is 32.2. The fraction of sp³-hybridized carbons (Fsp3) is 0.417. The smallest absolute Gasteiger partial charge is 0.367 e. The summed E-state index contributed by atoms with van der Waals surface area (Å²) in [6.07, 6.45) is -2.16. The molecule has 1 aliphatic heterocycles. The Morgan fingerprint density at radius 3 is 2.54 bits per heavy atom. The lowest BCUT2D eigenvalue weighted by Gasteiger charge is -2.32. The molecule has 0 amide bonds. The molecule has 2 N–H and O–H groups in total. The molecule has 0 aliphatic carbocycles. The maximum absolute atomic E-state index is 12.8. The van der Waals surface area contributed by atoms with Gasteiger partial charge in [0.1, 0.15) is 12.1 Å². The Morgan fingerprint density at radius 2 is 1.83 bits per heavy atom. The van der Waals surface area contributed by atoms with Crippen LogP contribution in [-0.2, 0) is 23.0 Å². The van der Waals surface area contributed by atoms with Crippen LogP contribution < -0.4 is 10.0 Å². The first-order chi connectivity index (χ1) is 16.6. The summed E-state index contributed by atoms with van der Waals surface area (Å²) in [7, 11) is -3.32. The molecule has 3 aromatic rings. The number of halogens is 3. The van der Waals surface area contributed by atoms with Crippen molar-refractivity contribution in [2.75, 3.05) is 28.9 Å². The molecule has 0 saturated carbocycles. The van der Waals surface area contributed by atoms with Crippen LogP contribution in [0, 0.1) is 0 Å². The predicted octanol–water partition coefficient (Wildman–Crippen LogP) is 4.57. The third kappa shape index (κ3) is 7.04. The average Bonchev–Trinajstić information content (AvgIpc) is 2.80. The van der Waals surface area contributed by atoms with Gasteiger partial charge in [-0.25, -0.2) is 18.4 Å². The Bertz CT molecular complexity index is 1280. The summed E-state index contributed by atoms with van der Waals surface area (Å²) in [5.74, 6) is 0.566. The number of aromatic nitrogens is 2. The van der Waals surface area contributed by atoms with Crippen molar-refractivity contribution in [1.82, 2.24) is 14.9 Å². The minimum atomic E-state index is -4.27. The van der Waals surface area contributed by atoms with Crippen LogP contribution >= 0.6 is 0 Å². The third-order valence-electron chi connectivity index (χ3n) is 6.02. The Balaban J connectivity index is 1.37. The van der Waals surface area contributed by atoms with Gasteiger partial charge in [-0.1, -0.05) is 18.2 Å². The number of rotatable bonds is 8. The monoisotopic (exact) mass is 507 g/mol. The van der Waals surface area contributed by atoms with Gasteiger partial charge in [0.25, 0.3) is 0 Å². The highest BCUT2D eigenvalue weighted by Gasteiger charge is 2.28. The van der Waals surface area contributed by atoms with Crippen LogP contribution in [0.5, 0.6) is 0 Å². The summed E-state index contributed by atoms with van der Waals surface area (Å²) < 4.78 is 64.8. The quantitative estimate of drug-likeness (QED) is 0.465. The second kappa shape index (κ2) is 10.4. The number of piperidine rings is 1. The summed E-state index contributed by atoms with van der Waals surface area (Å²) in [4.78, 5) is 10.8. The number of hydrogen-bond acceptors (Lipinski definition) is 6. The maximum Gasteiger partial charge on any atom is 0.393 e. The number of benzene rings is 2. The fourth-order valence-electron chi connectivity index (χ4n) is 4.23. The van der Waals surface area contributed by atoms with Gasteiger partial charge >= 0.3 is 6.18 Å². The Kier molecular flexibility index (Phi) is 7.46. The minimum absolute atomic E-state index is 0.0169. The van der Waals surface area contributed by atoms with E-state index in [1.165, 1.54) is 18.5 Å². The third-order valence-corrected chi connectivity index (χ3v) is 7.33. The fourth-order valence-corrected chi connectivity index (χ4v) is 4.86. The lowest BCUT2D eigenvalue weighted by molar-refractivity contribution is -0.127. The minimum Gasteiger partial charge on any atom is -0.367 e. The molecule has 35 heavy (non-hydrogen) atoms. The Morgan fingerprint density at radius 1 is 1.06 bits per heavy atom. The zero-order valence-corrected chi connectivity index (χ0v) is 20.2. The highest BCUT2D eigenvalue weighted by molar-refractivity contribution is 7.92. The van der Waals surface area contributed by atoms with Gasteiger partial charge < -0.3 is 5.32 Å². The van der Waals surface area contributed by atoms with Gasteiger partial charge in [-0.15, -0.1) is 0 Å². The molecule has 4 rings (SSSR count). The van der Waals surface area contributed by atoms with Gasteiger partial charge in [0.15, 0.2) is 0 Å². The van der Waals surface area contributed by atoms with Crippen molar-refractivity contribution in [1.29, 1.82) is 0 Å². The van der Waals surface area contributed by atoms with Crippen LogP contribution in [0.1, 0.15) is 30.9 Å². The summed E-state index contributed by atoms with van der Waals surface area (Å²) >= 11 is 0. The molecule has 1 saturated heterocycles. The van der Waals surface area contributed by atoms with Gasteiger partial charge in [-0.2, -0.15) is 13.2 Å². The van der Waals surface area contributed by atoms with Gasteiger partial charge in [0.2, 0.25) is 10.0 Å². The summed E-state index contributed by atoms with van der Waals surface area (Å²) in [6, 6.07) is 12.1. The van der Waals surface area contributed by atoms with E-state index in [1.807, 2.05) is 18.2 Å². The molecule has 0 atom stereocenters. The van der Waals surface area contributed by atoms with Crippen molar-refractivity contribution in [2.24, 2.45) is 0 Å². The van der Waals surface area contributed by atoms with E-state index in [2.05, 4.69) is 24.9 Å². The number of nitrogens with zero attached hydrogens (tertiary/aromatic N) is 3.